The molecule has 4 aromatic rings. The summed E-state index contributed by atoms with van der Waals surface area (Å²) in [4.78, 5) is 12.9. The molecule has 1 atom stereocenters. The van der Waals surface area contributed by atoms with Crippen LogP contribution < -0.4 is 14.2 Å². The average Bonchev–Trinajstić information content (AvgIpc) is 3.37. The summed E-state index contributed by atoms with van der Waals surface area (Å²) in [6.45, 7) is -0.249. The van der Waals surface area contributed by atoms with Crippen LogP contribution in [0.25, 0.3) is 21.8 Å². The van der Waals surface area contributed by atoms with Crippen molar-refractivity contribution < 1.29 is 29.6 Å². The summed E-state index contributed by atoms with van der Waals surface area (Å²) in [5, 5.41) is 0.496. The number of ether oxygens (including phenoxy) is 3. The number of nitrogens with one attached hydrogen (secondary N) is 1. The topological polar surface area (TPSA) is 72.5 Å². The van der Waals surface area contributed by atoms with Gasteiger partial charge in [0.05, 0.1) is 31.4 Å². The van der Waals surface area contributed by atoms with E-state index in [1.165, 1.54) is 18.2 Å². The minimum absolute atomic E-state index is 0.00243. The van der Waals surface area contributed by atoms with E-state index >= 15 is 4.39 Å². The molecule has 0 spiro atoms. The van der Waals surface area contributed by atoms with E-state index in [1.54, 1.807) is 24.0 Å². The molecule has 0 amide bonds. The Balaban J connectivity index is 1.44. The molecular weight excluding hydrogens is 423 g/mol. The molecule has 1 saturated heterocycles. The normalized spacial score (nSPS) is 22.4. The fourth-order valence-electron chi connectivity index (χ4n) is 3.71. The van der Waals surface area contributed by atoms with Crippen molar-refractivity contribution in [1.82, 2.24) is 19.9 Å². The number of likely N-dealkylation sites (tertiary alicyclic amines) is 1. The van der Waals surface area contributed by atoms with Crippen LogP contribution in [0.1, 0.15) is 35.9 Å². The summed E-state index contributed by atoms with van der Waals surface area (Å²) in [5.41, 5.74) is 1.55. The van der Waals surface area contributed by atoms with E-state index in [9.17, 15) is 0 Å². The largest absolute Gasteiger partial charge is 0.493 e. The molecule has 1 aliphatic heterocycles. The SMILES string of the molecule is [2H]C1CN(CCC([2H])([2H])Oc2cc3ncnc(Oc4ccc5[nH]c(C)cc5c4F)c3cc2OC([2H])([2H])[2H])CC1([2H])[2H]. The van der Waals surface area contributed by atoms with Gasteiger partial charge in [0.15, 0.2) is 23.1 Å². The Labute approximate surface area is 202 Å². The van der Waals surface area contributed by atoms with E-state index in [2.05, 4.69) is 15.0 Å². The summed E-state index contributed by atoms with van der Waals surface area (Å²) >= 11 is 0. The minimum Gasteiger partial charge on any atom is -0.493 e. The first-order valence-electron chi connectivity index (χ1n) is 14.5. The highest BCUT2D eigenvalue weighted by Gasteiger charge is 2.17. The standard InChI is InChI=1S/C25H27FN4O3/c1-16-12-17-19(29-16)6-7-21(24(17)26)33-25-18-13-22(31-2)23(14-20(18)27-15-28-25)32-11-5-10-30-8-3-4-9-30/h6-7,12-15,29H,3-5,8-11H2,1-2H3/i2D3,3D,4D2,11D2. The third-order valence-corrected chi connectivity index (χ3v) is 5.34. The maximum absolute atomic E-state index is 15.2. The van der Waals surface area contributed by atoms with E-state index in [0.717, 1.165) is 12.0 Å². The highest BCUT2D eigenvalue weighted by Crippen LogP contribution is 2.37. The van der Waals surface area contributed by atoms with Gasteiger partial charge in [0, 0.05) is 33.3 Å². The second kappa shape index (κ2) is 9.23. The number of methoxy groups -OCH3 is 1. The molecule has 3 heterocycles. The third-order valence-electron chi connectivity index (χ3n) is 5.34. The fraction of sp³-hybridized carbons (Fsp3) is 0.360. The van der Waals surface area contributed by atoms with E-state index < -0.39 is 32.2 Å². The lowest BCUT2D eigenvalue weighted by Gasteiger charge is -2.16. The van der Waals surface area contributed by atoms with E-state index in [0.29, 0.717) is 10.9 Å². The van der Waals surface area contributed by atoms with Crippen molar-refractivity contribution in [3.63, 3.8) is 0 Å². The Kier molecular flexibility index (Phi) is 3.92. The first-order chi connectivity index (χ1) is 19.1. The molecule has 0 aliphatic carbocycles. The Morgan fingerprint density at radius 1 is 1.18 bits per heavy atom. The van der Waals surface area contributed by atoms with Crippen molar-refractivity contribution >= 4 is 21.8 Å². The number of aromatic amines is 1. The van der Waals surface area contributed by atoms with E-state index in [4.69, 9.17) is 25.2 Å². The molecule has 2 aromatic heterocycles. The van der Waals surface area contributed by atoms with Crippen molar-refractivity contribution in [2.45, 2.75) is 26.1 Å². The number of aromatic nitrogens is 3. The van der Waals surface area contributed by atoms with Crippen LogP contribution in [0, 0.1) is 12.7 Å². The number of nitrogens with zero attached hydrogens (tertiary/aromatic N) is 3. The van der Waals surface area contributed by atoms with Gasteiger partial charge in [-0.25, -0.2) is 14.4 Å². The van der Waals surface area contributed by atoms with Gasteiger partial charge in [0.1, 0.15) is 6.33 Å². The van der Waals surface area contributed by atoms with Crippen LogP contribution in [-0.2, 0) is 0 Å². The lowest BCUT2D eigenvalue weighted by atomic mass is 10.2. The quantitative estimate of drug-likeness (QED) is 0.390. The van der Waals surface area contributed by atoms with E-state index in [1.807, 2.05) is 0 Å². The molecule has 1 unspecified atom stereocenters. The highest BCUT2D eigenvalue weighted by molar-refractivity contribution is 5.87. The Morgan fingerprint density at radius 2 is 2.12 bits per heavy atom. The van der Waals surface area contributed by atoms with Crippen molar-refractivity contribution in [3.8, 4) is 23.1 Å². The zero-order valence-electron chi connectivity index (χ0n) is 25.8. The lowest BCUT2D eigenvalue weighted by Crippen LogP contribution is -2.21. The molecule has 2 aromatic carbocycles. The van der Waals surface area contributed by atoms with Crippen molar-refractivity contribution in [2.75, 3.05) is 33.2 Å². The molecule has 172 valence electrons. The van der Waals surface area contributed by atoms with Gasteiger partial charge in [-0.1, -0.05) is 0 Å². The summed E-state index contributed by atoms with van der Waals surface area (Å²) < 4.78 is 94.7. The van der Waals surface area contributed by atoms with E-state index in [-0.39, 0.29) is 60.1 Å². The fourth-order valence-corrected chi connectivity index (χ4v) is 3.71. The zero-order valence-corrected chi connectivity index (χ0v) is 17.8. The number of hydrogen-bond donors (Lipinski definition) is 1. The molecule has 0 bridgehead atoms. The smallest absolute Gasteiger partial charge is 0.230 e. The molecule has 1 fully saturated rings. The second-order valence-corrected chi connectivity index (χ2v) is 7.63. The van der Waals surface area contributed by atoms with Gasteiger partial charge >= 0.3 is 0 Å². The van der Waals surface area contributed by atoms with Crippen molar-refractivity contribution in [1.29, 1.82) is 0 Å². The van der Waals surface area contributed by atoms with Crippen LogP contribution in [0.5, 0.6) is 23.1 Å². The number of rotatable bonds is 8. The lowest BCUT2D eigenvalue weighted by molar-refractivity contribution is 0.254. The first kappa shape index (κ1) is 14.0. The molecule has 1 N–H and O–H groups in total. The van der Waals surface area contributed by atoms with Gasteiger partial charge in [-0.15, -0.1) is 0 Å². The highest BCUT2D eigenvalue weighted by atomic mass is 19.1. The predicted octanol–water partition coefficient (Wildman–Crippen LogP) is 5.22. The number of H-pyrrole nitrogens is 1. The van der Waals surface area contributed by atoms with Crippen LogP contribution in [0.3, 0.4) is 0 Å². The van der Waals surface area contributed by atoms with Crippen LogP contribution in [-0.4, -0.2) is 53.1 Å². The molecule has 7 nitrogen and oxygen atoms in total. The number of fused-ring (bicyclic) bond motifs is 2. The average molecular weight is 459 g/mol. The third kappa shape index (κ3) is 4.43. The zero-order chi connectivity index (χ0) is 29.7. The van der Waals surface area contributed by atoms with Crippen LogP contribution in [0.2, 0.25) is 0 Å². The predicted molar refractivity (Wildman–Crippen MR) is 125 cm³/mol. The van der Waals surface area contributed by atoms with Gasteiger partial charge in [-0.05, 0) is 63.5 Å². The molecule has 1 aliphatic rings. The number of hydrogen-bond acceptors (Lipinski definition) is 6. The van der Waals surface area contributed by atoms with Crippen molar-refractivity contribution in [2.24, 2.45) is 0 Å². The number of aryl methyl sites for hydroxylation is 1. The van der Waals surface area contributed by atoms with Crippen molar-refractivity contribution in [3.05, 3.63) is 48.2 Å². The number of halogens is 1. The molecular formula is C25H27FN4O3. The molecule has 33 heavy (non-hydrogen) atoms. The Morgan fingerprint density at radius 3 is 2.97 bits per heavy atom. The van der Waals surface area contributed by atoms with Crippen LogP contribution in [0.4, 0.5) is 4.39 Å². The molecule has 8 heteroatoms. The second-order valence-electron chi connectivity index (χ2n) is 7.63. The van der Waals surface area contributed by atoms with Gasteiger partial charge in [0.2, 0.25) is 5.88 Å². The minimum atomic E-state index is -2.91. The maximum Gasteiger partial charge on any atom is 0.230 e. The number of benzene rings is 2. The Hall–Kier alpha value is -3.39. The molecule has 5 rings (SSSR count). The molecule has 0 radical (unpaired) electrons. The summed E-state index contributed by atoms with van der Waals surface area (Å²) in [5.74, 6) is -1.39. The van der Waals surface area contributed by atoms with Crippen LogP contribution >= 0.6 is 0 Å². The monoisotopic (exact) mass is 458 g/mol. The van der Waals surface area contributed by atoms with Crippen LogP contribution in [0.15, 0.2) is 36.7 Å². The summed E-state index contributed by atoms with van der Waals surface area (Å²) in [6.07, 6.45) is -1.66. The summed E-state index contributed by atoms with van der Waals surface area (Å²) in [7, 11) is -2.91. The maximum atomic E-state index is 15.2. The van der Waals surface area contributed by atoms with Gasteiger partial charge in [0.25, 0.3) is 0 Å². The molecule has 0 saturated carbocycles. The van der Waals surface area contributed by atoms with Gasteiger partial charge in [-0.2, -0.15) is 0 Å². The van der Waals surface area contributed by atoms with Gasteiger partial charge in [-0.3, -0.25) is 0 Å². The first-order valence-corrected chi connectivity index (χ1v) is 10.4. The van der Waals surface area contributed by atoms with Gasteiger partial charge < -0.3 is 24.1 Å². The summed E-state index contributed by atoms with van der Waals surface area (Å²) in [6, 6.07) is 7.25. The Bertz CT molecular complexity index is 1600.